The monoisotopic (exact) mass is 240 g/mol. The molecule has 0 spiro atoms. The number of hydrogen-bond donors (Lipinski definition) is 1. The zero-order chi connectivity index (χ0) is 11.9. The van der Waals surface area contributed by atoms with E-state index >= 15 is 0 Å². The summed E-state index contributed by atoms with van der Waals surface area (Å²) >= 11 is 1.27. The molecule has 2 heterocycles. The van der Waals surface area contributed by atoms with Crippen molar-refractivity contribution in [3.63, 3.8) is 0 Å². The van der Waals surface area contributed by atoms with Crippen molar-refractivity contribution in [3.8, 4) is 0 Å². The molecule has 0 aromatic heterocycles. The third kappa shape index (κ3) is 1.73. The number of allylic oxidation sites excluding steroid dienone is 1. The van der Waals surface area contributed by atoms with Crippen LogP contribution < -0.4 is 0 Å². The van der Waals surface area contributed by atoms with Gasteiger partial charge < -0.3 is 5.11 Å². The molecular formula is C9H8N2O4S. The van der Waals surface area contributed by atoms with Gasteiger partial charge in [0.1, 0.15) is 12.5 Å². The van der Waals surface area contributed by atoms with Crippen molar-refractivity contribution >= 4 is 34.7 Å². The van der Waals surface area contributed by atoms with Crippen LogP contribution in [0.4, 0.5) is 4.79 Å². The Balaban J connectivity index is 2.30. The van der Waals surface area contributed by atoms with Crippen LogP contribution in [0, 0.1) is 5.92 Å². The second-order valence-corrected chi connectivity index (χ2v) is 4.67. The summed E-state index contributed by atoms with van der Waals surface area (Å²) in [5.74, 6) is -2.32. The highest BCUT2D eigenvalue weighted by molar-refractivity contribution is 8.17. The quantitative estimate of drug-likeness (QED) is 0.767. The van der Waals surface area contributed by atoms with E-state index < -0.39 is 30.4 Å². The fourth-order valence-corrected chi connectivity index (χ4v) is 2.49. The third-order valence-electron chi connectivity index (χ3n) is 2.20. The van der Waals surface area contributed by atoms with E-state index in [2.05, 4.69) is 4.99 Å². The Kier molecular flexibility index (Phi) is 2.55. The maximum absolute atomic E-state index is 11.8. The van der Waals surface area contributed by atoms with Gasteiger partial charge in [-0.05, 0) is 11.8 Å². The van der Waals surface area contributed by atoms with Gasteiger partial charge in [-0.15, -0.1) is 0 Å². The molecule has 2 aliphatic rings. The molecule has 0 saturated heterocycles. The number of fused-ring (bicyclic) bond motifs is 1. The van der Waals surface area contributed by atoms with Gasteiger partial charge in [-0.1, -0.05) is 17.8 Å². The SMILES string of the molecule is CC1=CC2C(=O)N(CC(=O)O)C(=O)N=C2S1. The minimum atomic E-state index is -1.23. The number of amides is 3. The van der Waals surface area contributed by atoms with Crippen LogP contribution in [-0.4, -0.2) is 39.5 Å². The number of carboxylic acids is 1. The van der Waals surface area contributed by atoms with Crippen LogP contribution in [0.5, 0.6) is 0 Å². The molecule has 2 rings (SSSR count). The zero-order valence-electron chi connectivity index (χ0n) is 8.34. The first-order chi connectivity index (χ1) is 7.49. The Bertz CT molecular complexity index is 454. The molecule has 7 heteroatoms. The number of urea groups is 1. The van der Waals surface area contributed by atoms with Gasteiger partial charge in [0.15, 0.2) is 0 Å². The fourth-order valence-electron chi connectivity index (χ4n) is 1.54. The molecule has 0 fully saturated rings. The van der Waals surface area contributed by atoms with E-state index in [1.807, 2.05) is 6.92 Å². The third-order valence-corrected chi connectivity index (χ3v) is 3.21. The van der Waals surface area contributed by atoms with E-state index in [0.29, 0.717) is 9.94 Å². The molecule has 0 bridgehead atoms. The van der Waals surface area contributed by atoms with Gasteiger partial charge in [0.05, 0.1) is 5.04 Å². The van der Waals surface area contributed by atoms with Gasteiger partial charge in [0.2, 0.25) is 5.91 Å². The Labute approximate surface area is 95.0 Å². The summed E-state index contributed by atoms with van der Waals surface area (Å²) in [5.41, 5.74) is 0. The molecule has 2 aliphatic heterocycles. The lowest BCUT2D eigenvalue weighted by Gasteiger charge is -2.23. The maximum Gasteiger partial charge on any atom is 0.351 e. The molecule has 3 amide bonds. The normalized spacial score (nSPS) is 24.1. The van der Waals surface area contributed by atoms with Crippen LogP contribution in [0.15, 0.2) is 16.0 Å². The molecule has 16 heavy (non-hydrogen) atoms. The minimum absolute atomic E-state index is 0.439. The van der Waals surface area contributed by atoms with Crippen LogP contribution in [0.25, 0.3) is 0 Å². The van der Waals surface area contributed by atoms with Crippen LogP contribution in [0.1, 0.15) is 6.92 Å². The Morgan fingerprint density at radius 3 is 2.94 bits per heavy atom. The molecule has 84 valence electrons. The number of carboxylic acid groups (broad SMARTS) is 1. The summed E-state index contributed by atoms with van der Waals surface area (Å²) in [7, 11) is 0. The van der Waals surface area contributed by atoms with Crippen molar-refractivity contribution in [2.75, 3.05) is 6.54 Å². The zero-order valence-corrected chi connectivity index (χ0v) is 9.15. The Morgan fingerprint density at radius 1 is 1.62 bits per heavy atom. The predicted molar refractivity (Wildman–Crippen MR) is 57.0 cm³/mol. The van der Waals surface area contributed by atoms with Gasteiger partial charge in [-0.2, -0.15) is 4.99 Å². The van der Waals surface area contributed by atoms with E-state index in [1.54, 1.807) is 6.08 Å². The first-order valence-corrected chi connectivity index (χ1v) is 5.32. The molecule has 0 aromatic rings. The van der Waals surface area contributed by atoms with Gasteiger partial charge in [-0.25, -0.2) is 4.79 Å². The summed E-state index contributed by atoms with van der Waals surface area (Å²) < 4.78 is 0. The number of imide groups is 1. The highest BCUT2D eigenvalue weighted by Crippen LogP contribution is 2.35. The topological polar surface area (TPSA) is 87.0 Å². The van der Waals surface area contributed by atoms with Crippen molar-refractivity contribution in [3.05, 3.63) is 11.0 Å². The fraction of sp³-hybridized carbons (Fsp3) is 0.333. The largest absolute Gasteiger partial charge is 0.480 e. The summed E-state index contributed by atoms with van der Waals surface area (Å²) in [6.45, 7) is 1.17. The summed E-state index contributed by atoms with van der Waals surface area (Å²) in [6.07, 6.45) is 1.69. The Hall–Kier alpha value is -1.63. The van der Waals surface area contributed by atoms with Gasteiger partial charge in [0.25, 0.3) is 0 Å². The smallest absolute Gasteiger partial charge is 0.351 e. The summed E-state index contributed by atoms with van der Waals surface area (Å²) in [5, 5.41) is 9.02. The number of carbonyl (C=O) groups is 3. The second kappa shape index (κ2) is 3.75. The highest BCUT2D eigenvalue weighted by Gasteiger charge is 2.40. The van der Waals surface area contributed by atoms with Crippen molar-refractivity contribution in [2.24, 2.45) is 10.9 Å². The Morgan fingerprint density at radius 2 is 2.31 bits per heavy atom. The van der Waals surface area contributed by atoms with Crippen LogP contribution in [0.2, 0.25) is 0 Å². The van der Waals surface area contributed by atoms with Gasteiger partial charge >= 0.3 is 12.0 Å². The summed E-state index contributed by atoms with van der Waals surface area (Å²) in [6, 6.07) is -0.797. The number of aliphatic imine (C=N–C) groups is 1. The lowest BCUT2D eigenvalue weighted by atomic mass is 10.1. The maximum atomic E-state index is 11.8. The standard InChI is InChI=1S/C9H8N2O4S/c1-4-2-5-7(16-4)10-9(15)11(8(5)14)3-6(12)13/h2,5H,3H2,1H3,(H,12,13). The molecule has 0 aliphatic carbocycles. The van der Waals surface area contributed by atoms with Gasteiger partial charge in [0, 0.05) is 0 Å². The van der Waals surface area contributed by atoms with Crippen LogP contribution >= 0.6 is 11.8 Å². The second-order valence-electron chi connectivity index (χ2n) is 3.41. The lowest BCUT2D eigenvalue weighted by Crippen LogP contribution is -2.46. The number of thioether (sulfide) groups is 1. The van der Waals surface area contributed by atoms with E-state index in [1.165, 1.54) is 11.8 Å². The molecule has 0 aromatic carbocycles. The van der Waals surface area contributed by atoms with Crippen molar-refractivity contribution in [1.82, 2.24) is 4.90 Å². The highest BCUT2D eigenvalue weighted by atomic mass is 32.2. The first kappa shape index (κ1) is 10.9. The average Bonchev–Trinajstić information content (AvgIpc) is 2.53. The average molecular weight is 240 g/mol. The molecule has 6 nitrogen and oxygen atoms in total. The molecule has 0 radical (unpaired) electrons. The molecule has 0 saturated carbocycles. The van der Waals surface area contributed by atoms with E-state index in [4.69, 9.17) is 5.11 Å². The summed E-state index contributed by atoms with van der Waals surface area (Å²) in [4.78, 5) is 39.0. The van der Waals surface area contributed by atoms with E-state index in [9.17, 15) is 14.4 Å². The van der Waals surface area contributed by atoms with E-state index in [0.717, 1.165) is 4.91 Å². The molecule has 1 atom stereocenters. The van der Waals surface area contributed by atoms with E-state index in [-0.39, 0.29) is 0 Å². The van der Waals surface area contributed by atoms with Crippen molar-refractivity contribution < 1.29 is 19.5 Å². The molecule has 1 N–H and O–H groups in total. The van der Waals surface area contributed by atoms with Crippen molar-refractivity contribution in [1.29, 1.82) is 0 Å². The lowest BCUT2D eigenvalue weighted by molar-refractivity contribution is -0.142. The van der Waals surface area contributed by atoms with Crippen LogP contribution in [-0.2, 0) is 9.59 Å². The van der Waals surface area contributed by atoms with Gasteiger partial charge in [-0.3, -0.25) is 14.5 Å². The predicted octanol–water partition coefficient (Wildman–Crippen LogP) is 0.699. The number of aliphatic carboxylic acids is 1. The number of rotatable bonds is 2. The number of hydrogen-bond acceptors (Lipinski definition) is 4. The molecule has 1 unspecified atom stereocenters. The first-order valence-electron chi connectivity index (χ1n) is 4.51. The molecular weight excluding hydrogens is 232 g/mol. The van der Waals surface area contributed by atoms with Crippen molar-refractivity contribution in [2.45, 2.75) is 6.92 Å². The minimum Gasteiger partial charge on any atom is -0.480 e. The number of nitrogens with zero attached hydrogens (tertiary/aromatic N) is 2. The number of carbonyl (C=O) groups excluding carboxylic acids is 2. The van der Waals surface area contributed by atoms with Crippen LogP contribution in [0.3, 0.4) is 0 Å².